The van der Waals surface area contributed by atoms with Crippen LogP contribution in [0.25, 0.3) is 0 Å². The van der Waals surface area contributed by atoms with Crippen LogP contribution in [0.4, 0.5) is 0 Å². The van der Waals surface area contributed by atoms with Crippen molar-refractivity contribution in [2.75, 3.05) is 26.2 Å². The van der Waals surface area contributed by atoms with Gasteiger partial charge in [-0.1, -0.05) is 43.0 Å². The van der Waals surface area contributed by atoms with Gasteiger partial charge in [0.1, 0.15) is 0 Å². The Bertz CT molecular complexity index is 650. The minimum Gasteiger partial charge on any atom is -0.351 e. The van der Waals surface area contributed by atoms with Gasteiger partial charge in [-0.15, -0.1) is 0 Å². The molecule has 5 nitrogen and oxygen atoms in total. The van der Waals surface area contributed by atoms with Gasteiger partial charge in [-0.2, -0.15) is 0 Å². The predicted molar refractivity (Wildman–Crippen MR) is 112 cm³/mol. The number of halogens is 1. The summed E-state index contributed by atoms with van der Waals surface area (Å²) in [4.78, 5) is 29.2. The molecule has 2 aliphatic rings. The summed E-state index contributed by atoms with van der Waals surface area (Å²) in [5, 5.41) is 3.69. The molecule has 0 bridgehead atoms. The van der Waals surface area contributed by atoms with E-state index in [1.54, 1.807) is 0 Å². The first kappa shape index (κ1) is 21.1. The first-order valence-electron chi connectivity index (χ1n) is 10.6. The molecule has 1 heterocycles. The second-order valence-electron chi connectivity index (χ2n) is 8.15. The third-order valence-corrected chi connectivity index (χ3v) is 6.41. The van der Waals surface area contributed by atoms with E-state index in [2.05, 4.69) is 10.2 Å². The fourth-order valence-corrected chi connectivity index (χ4v) is 4.36. The van der Waals surface area contributed by atoms with Crippen molar-refractivity contribution in [1.82, 2.24) is 15.1 Å². The molecule has 1 saturated carbocycles. The Labute approximate surface area is 173 Å². The molecule has 0 radical (unpaired) electrons. The summed E-state index contributed by atoms with van der Waals surface area (Å²) >= 11 is 5.89. The molecule has 3 rings (SSSR count). The normalized spacial score (nSPS) is 20.0. The van der Waals surface area contributed by atoms with E-state index in [0.717, 1.165) is 31.7 Å². The lowest BCUT2D eigenvalue weighted by molar-refractivity contribution is -0.135. The highest BCUT2D eigenvalue weighted by Crippen LogP contribution is 2.27. The number of benzene rings is 1. The summed E-state index contributed by atoms with van der Waals surface area (Å²) in [6, 6.07) is 7.31. The van der Waals surface area contributed by atoms with Crippen molar-refractivity contribution in [2.45, 2.75) is 58.0 Å². The number of carbonyl (C=O) groups is 2. The lowest BCUT2D eigenvalue weighted by Gasteiger charge is -2.38. The largest absolute Gasteiger partial charge is 0.351 e. The molecule has 1 aromatic carbocycles. The zero-order valence-corrected chi connectivity index (χ0v) is 17.6. The van der Waals surface area contributed by atoms with E-state index in [4.69, 9.17) is 11.6 Å². The molecule has 1 unspecified atom stereocenters. The molecule has 1 aliphatic heterocycles. The first-order valence-corrected chi connectivity index (χ1v) is 10.9. The zero-order chi connectivity index (χ0) is 19.9. The number of rotatable bonds is 6. The van der Waals surface area contributed by atoms with Gasteiger partial charge in [0.05, 0.1) is 6.04 Å². The topological polar surface area (TPSA) is 52.7 Å². The van der Waals surface area contributed by atoms with Gasteiger partial charge in [0, 0.05) is 44.2 Å². The maximum Gasteiger partial charge on any atom is 0.237 e. The van der Waals surface area contributed by atoms with Crippen molar-refractivity contribution in [3.63, 3.8) is 0 Å². The number of carbonyl (C=O) groups excluding carboxylic acids is 2. The number of piperazine rings is 1. The van der Waals surface area contributed by atoms with Crippen molar-refractivity contribution in [1.29, 1.82) is 0 Å². The van der Waals surface area contributed by atoms with Crippen LogP contribution in [0, 0.1) is 5.92 Å². The molecule has 1 atom stereocenters. The molecule has 1 aliphatic carbocycles. The van der Waals surface area contributed by atoms with Crippen LogP contribution in [0.2, 0.25) is 5.02 Å². The molecule has 28 heavy (non-hydrogen) atoms. The second-order valence-corrected chi connectivity index (χ2v) is 8.58. The zero-order valence-electron chi connectivity index (χ0n) is 16.8. The van der Waals surface area contributed by atoms with E-state index in [1.807, 2.05) is 36.1 Å². The summed E-state index contributed by atoms with van der Waals surface area (Å²) in [5.74, 6) is 0.903. The lowest BCUT2D eigenvalue weighted by Crippen LogP contribution is -2.55. The average Bonchev–Trinajstić information content (AvgIpc) is 2.73. The molecule has 1 aromatic rings. The number of nitrogens with zero attached hydrogens (tertiary/aromatic N) is 2. The van der Waals surface area contributed by atoms with E-state index < -0.39 is 0 Å². The second kappa shape index (κ2) is 10.3. The maximum atomic E-state index is 12.6. The lowest BCUT2D eigenvalue weighted by atomic mass is 9.86. The fraction of sp³-hybridized carbons (Fsp3) is 0.636. The van der Waals surface area contributed by atoms with Crippen LogP contribution < -0.4 is 5.32 Å². The van der Waals surface area contributed by atoms with Crippen molar-refractivity contribution < 1.29 is 9.59 Å². The SMILES string of the molecule is CC(C(=O)NCc1ccc(Cl)cc1)N1CCN(C(=O)CC2CCCCC2)CC1. The van der Waals surface area contributed by atoms with Gasteiger partial charge in [-0.25, -0.2) is 0 Å². The van der Waals surface area contributed by atoms with Crippen LogP contribution in [-0.4, -0.2) is 53.8 Å². The molecule has 154 valence electrons. The minimum atomic E-state index is -0.192. The Hall–Kier alpha value is -1.59. The number of nitrogens with one attached hydrogen (secondary N) is 1. The van der Waals surface area contributed by atoms with Gasteiger partial charge in [0.2, 0.25) is 11.8 Å². The smallest absolute Gasteiger partial charge is 0.237 e. The van der Waals surface area contributed by atoms with Crippen molar-refractivity contribution >= 4 is 23.4 Å². The molecule has 1 saturated heterocycles. The molecule has 1 N–H and O–H groups in total. The first-order chi connectivity index (χ1) is 13.5. The van der Waals surface area contributed by atoms with E-state index in [-0.39, 0.29) is 11.9 Å². The molecule has 2 fully saturated rings. The van der Waals surface area contributed by atoms with E-state index in [9.17, 15) is 9.59 Å². The third-order valence-electron chi connectivity index (χ3n) is 6.16. The molecule has 2 amide bonds. The summed E-state index contributed by atoms with van der Waals surface area (Å²) in [6.45, 7) is 5.40. The van der Waals surface area contributed by atoms with Gasteiger partial charge in [0.25, 0.3) is 0 Å². The molecular formula is C22H32ClN3O2. The fourth-order valence-electron chi connectivity index (χ4n) is 4.23. The summed E-state index contributed by atoms with van der Waals surface area (Å²) in [6.07, 6.45) is 6.98. The summed E-state index contributed by atoms with van der Waals surface area (Å²) in [7, 11) is 0. The quantitative estimate of drug-likeness (QED) is 0.788. The number of hydrogen-bond donors (Lipinski definition) is 1. The average molecular weight is 406 g/mol. The maximum absolute atomic E-state index is 12.6. The minimum absolute atomic E-state index is 0.0249. The van der Waals surface area contributed by atoms with E-state index >= 15 is 0 Å². The Morgan fingerprint density at radius 1 is 1.07 bits per heavy atom. The van der Waals surface area contributed by atoms with Crippen LogP contribution >= 0.6 is 11.6 Å². The highest BCUT2D eigenvalue weighted by molar-refractivity contribution is 6.30. The van der Waals surface area contributed by atoms with Crippen molar-refractivity contribution in [2.24, 2.45) is 5.92 Å². The van der Waals surface area contributed by atoms with Crippen LogP contribution in [0.3, 0.4) is 0 Å². The van der Waals surface area contributed by atoms with E-state index in [0.29, 0.717) is 29.8 Å². The number of amides is 2. The molecule has 0 aromatic heterocycles. The van der Waals surface area contributed by atoms with Gasteiger partial charge in [-0.05, 0) is 43.4 Å². The Kier molecular flexibility index (Phi) is 7.74. The van der Waals surface area contributed by atoms with Gasteiger partial charge >= 0.3 is 0 Å². The van der Waals surface area contributed by atoms with Crippen molar-refractivity contribution in [3.8, 4) is 0 Å². The van der Waals surface area contributed by atoms with Crippen LogP contribution in [0.1, 0.15) is 51.0 Å². The van der Waals surface area contributed by atoms with Crippen molar-refractivity contribution in [3.05, 3.63) is 34.9 Å². The highest BCUT2D eigenvalue weighted by atomic mass is 35.5. The van der Waals surface area contributed by atoms with Crippen LogP contribution in [0.5, 0.6) is 0 Å². The van der Waals surface area contributed by atoms with Gasteiger partial charge in [0.15, 0.2) is 0 Å². The standard InChI is InChI=1S/C22H32ClN3O2/c1-17(22(28)24-16-19-7-9-20(23)10-8-19)25-11-13-26(14-12-25)21(27)15-18-5-3-2-4-6-18/h7-10,17-18H,2-6,11-16H2,1H3,(H,24,28). The summed E-state index contributed by atoms with van der Waals surface area (Å²) in [5.41, 5.74) is 1.03. The van der Waals surface area contributed by atoms with Crippen LogP contribution in [-0.2, 0) is 16.1 Å². The third kappa shape index (κ3) is 5.95. The Morgan fingerprint density at radius 2 is 1.71 bits per heavy atom. The Morgan fingerprint density at radius 3 is 2.36 bits per heavy atom. The highest BCUT2D eigenvalue weighted by Gasteiger charge is 2.28. The van der Waals surface area contributed by atoms with Gasteiger partial charge < -0.3 is 10.2 Å². The molecule has 0 spiro atoms. The monoisotopic (exact) mass is 405 g/mol. The predicted octanol–water partition coefficient (Wildman–Crippen LogP) is 3.46. The van der Waals surface area contributed by atoms with Crippen LogP contribution in [0.15, 0.2) is 24.3 Å². The van der Waals surface area contributed by atoms with E-state index in [1.165, 1.54) is 32.1 Å². The number of hydrogen-bond acceptors (Lipinski definition) is 3. The molecule has 6 heteroatoms. The summed E-state index contributed by atoms with van der Waals surface area (Å²) < 4.78 is 0. The van der Waals surface area contributed by atoms with Gasteiger partial charge in [-0.3, -0.25) is 14.5 Å². The molecular weight excluding hydrogens is 374 g/mol. The Balaban J connectivity index is 1.39.